The number of halogens is 1. The monoisotopic (exact) mass is 262 g/mol. The van der Waals surface area contributed by atoms with Crippen LogP contribution in [0.2, 0.25) is 0 Å². The van der Waals surface area contributed by atoms with Crippen LogP contribution in [-0.2, 0) is 6.54 Å². The van der Waals surface area contributed by atoms with Gasteiger partial charge in [0.15, 0.2) is 0 Å². The maximum Gasteiger partial charge on any atom is 0.257 e. The summed E-state index contributed by atoms with van der Waals surface area (Å²) in [5, 5.41) is 0. The lowest BCUT2D eigenvalue weighted by atomic mass is 10.1. The summed E-state index contributed by atoms with van der Waals surface area (Å²) in [6, 6.07) is 7.49. The second-order valence-corrected chi connectivity index (χ2v) is 4.14. The van der Waals surface area contributed by atoms with Gasteiger partial charge in [0.2, 0.25) is 0 Å². The smallest absolute Gasteiger partial charge is 0.257 e. The number of carbonyl (C=O) groups is 1. The summed E-state index contributed by atoms with van der Waals surface area (Å²) < 4.78 is 18.9. The maximum absolute atomic E-state index is 13.7. The fraction of sp³-hybridized carbons (Fsp3) is 0.214. The fourth-order valence-electron chi connectivity index (χ4n) is 1.79. The number of hydrogen-bond acceptors (Lipinski definition) is 3. The van der Waals surface area contributed by atoms with E-state index >= 15 is 0 Å². The molecular formula is C14H15FN2O2. The molecule has 2 aromatic rings. The Kier molecular flexibility index (Phi) is 3.85. The van der Waals surface area contributed by atoms with Crippen molar-refractivity contribution in [1.29, 1.82) is 0 Å². The molecule has 1 amide bonds. The Balaban J connectivity index is 2.23. The molecule has 0 bridgehead atoms. The first-order valence-electron chi connectivity index (χ1n) is 5.98. The third-order valence-corrected chi connectivity index (χ3v) is 2.82. The molecule has 0 aliphatic carbocycles. The SMILES string of the molecule is CCN(Cc1ccco1)C(=O)c1cc(N)ccc1F. The standard InChI is InChI=1S/C14H15FN2O2/c1-2-17(9-11-4-3-7-19-11)14(18)12-8-10(16)5-6-13(12)15/h3-8H,2,9,16H2,1H3. The summed E-state index contributed by atoms with van der Waals surface area (Å²) in [4.78, 5) is 13.8. The molecule has 1 heterocycles. The first-order valence-corrected chi connectivity index (χ1v) is 5.98. The Hall–Kier alpha value is -2.30. The Bertz CT molecular complexity index is 567. The van der Waals surface area contributed by atoms with Crippen molar-refractivity contribution in [1.82, 2.24) is 4.90 Å². The van der Waals surface area contributed by atoms with Crippen LogP contribution >= 0.6 is 0 Å². The lowest BCUT2D eigenvalue weighted by Gasteiger charge is -2.20. The van der Waals surface area contributed by atoms with Crippen LogP contribution in [-0.4, -0.2) is 17.4 Å². The van der Waals surface area contributed by atoms with Gasteiger partial charge >= 0.3 is 0 Å². The lowest BCUT2D eigenvalue weighted by Crippen LogP contribution is -2.30. The van der Waals surface area contributed by atoms with Crippen molar-refractivity contribution in [2.24, 2.45) is 0 Å². The average Bonchev–Trinajstić information content (AvgIpc) is 2.91. The average molecular weight is 262 g/mol. The van der Waals surface area contributed by atoms with Crippen LogP contribution in [0.15, 0.2) is 41.0 Å². The van der Waals surface area contributed by atoms with E-state index < -0.39 is 11.7 Å². The van der Waals surface area contributed by atoms with Gasteiger partial charge in [0.25, 0.3) is 5.91 Å². The van der Waals surface area contributed by atoms with E-state index in [4.69, 9.17) is 10.2 Å². The molecule has 0 saturated carbocycles. The molecule has 0 aliphatic rings. The molecule has 2 rings (SSSR count). The predicted molar refractivity (Wildman–Crippen MR) is 69.9 cm³/mol. The van der Waals surface area contributed by atoms with Crippen molar-refractivity contribution in [3.63, 3.8) is 0 Å². The number of benzene rings is 1. The van der Waals surface area contributed by atoms with Gasteiger partial charge in [0.05, 0.1) is 18.4 Å². The van der Waals surface area contributed by atoms with E-state index in [1.807, 2.05) is 6.92 Å². The van der Waals surface area contributed by atoms with Gasteiger partial charge in [-0.05, 0) is 37.3 Å². The maximum atomic E-state index is 13.7. The number of anilines is 1. The second kappa shape index (κ2) is 5.56. The highest BCUT2D eigenvalue weighted by Crippen LogP contribution is 2.16. The summed E-state index contributed by atoms with van der Waals surface area (Å²) in [5.41, 5.74) is 5.93. The normalized spacial score (nSPS) is 10.4. The van der Waals surface area contributed by atoms with Crippen LogP contribution in [0, 0.1) is 5.82 Å². The number of nitrogens with two attached hydrogens (primary N) is 1. The van der Waals surface area contributed by atoms with Gasteiger partial charge < -0.3 is 15.1 Å². The summed E-state index contributed by atoms with van der Waals surface area (Å²) >= 11 is 0. The zero-order valence-corrected chi connectivity index (χ0v) is 10.6. The molecule has 0 atom stereocenters. The quantitative estimate of drug-likeness (QED) is 0.862. The summed E-state index contributed by atoms with van der Waals surface area (Å²) in [6.07, 6.45) is 1.54. The lowest BCUT2D eigenvalue weighted by molar-refractivity contribution is 0.0736. The molecular weight excluding hydrogens is 247 g/mol. The van der Waals surface area contributed by atoms with E-state index in [9.17, 15) is 9.18 Å². The summed E-state index contributed by atoms with van der Waals surface area (Å²) in [5.74, 6) is -0.319. The molecule has 4 nitrogen and oxygen atoms in total. The van der Waals surface area contributed by atoms with Crippen LogP contribution in [0.1, 0.15) is 23.0 Å². The Morgan fingerprint density at radius 2 is 2.21 bits per heavy atom. The molecule has 0 spiro atoms. The Morgan fingerprint density at radius 3 is 2.84 bits per heavy atom. The number of nitrogens with zero attached hydrogens (tertiary/aromatic N) is 1. The van der Waals surface area contributed by atoms with E-state index in [1.54, 1.807) is 12.1 Å². The van der Waals surface area contributed by atoms with E-state index in [0.29, 0.717) is 24.5 Å². The summed E-state index contributed by atoms with van der Waals surface area (Å²) in [7, 11) is 0. The predicted octanol–water partition coefficient (Wildman–Crippen LogP) is 2.66. The number of nitrogen functional groups attached to an aromatic ring is 1. The number of amides is 1. The Morgan fingerprint density at radius 1 is 1.42 bits per heavy atom. The molecule has 0 unspecified atom stereocenters. The van der Waals surface area contributed by atoms with Crippen LogP contribution in [0.4, 0.5) is 10.1 Å². The molecule has 1 aromatic carbocycles. The largest absolute Gasteiger partial charge is 0.467 e. The minimum Gasteiger partial charge on any atom is -0.467 e. The van der Waals surface area contributed by atoms with Gasteiger partial charge in [-0.3, -0.25) is 4.79 Å². The highest BCUT2D eigenvalue weighted by atomic mass is 19.1. The highest BCUT2D eigenvalue weighted by molar-refractivity contribution is 5.95. The zero-order chi connectivity index (χ0) is 13.8. The van der Waals surface area contributed by atoms with Gasteiger partial charge in [0, 0.05) is 12.2 Å². The third kappa shape index (κ3) is 2.93. The van der Waals surface area contributed by atoms with Gasteiger partial charge in [-0.1, -0.05) is 0 Å². The molecule has 0 aliphatic heterocycles. The van der Waals surface area contributed by atoms with Gasteiger partial charge in [-0.2, -0.15) is 0 Å². The van der Waals surface area contributed by atoms with Crippen molar-refractivity contribution in [3.8, 4) is 0 Å². The molecule has 0 saturated heterocycles. The summed E-state index contributed by atoms with van der Waals surface area (Å²) in [6.45, 7) is 2.58. The minimum atomic E-state index is -0.572. The van der Waals surface area contributed by atoms with Gasteiger partial charge in [-0.15, -0.1) is 0 Å². The van der Waals surface area contributed by atoms with Gasteiger partial charge in [-0.25, -0.2) is 4.39 Å². The number of rotatable bonds is 4. The minimum absolute atomic E-state index is 0.0200. The van der Waals surface area contributed by atoms with Crippen LogP contribution < -0.4 is 5.73 Å². The van der Waals surface area contributed by atoms with E-state index in [0.717, 1.165) is 0 Å². The van der Waals surface area contributed by atoms with E-state index in [-0.39, 0.29) is 5.56 Å². The topological polar surface area (TPSA) is 59.5 Å². The first-order chi connectivity index (χ1) is 9.11. The first kappa shape index (κ1) is 13.1. The van der Waals surface area contributed by atoms with E-state index in [1.165, 1.54) is 29.4 Å². The third-order valence-electron chi connectivity index (χ3n) is 2.82. The number of hydrogen-bond donors (Lipinski definition) is 1. The van der Waals surface area contributed by atoms with Crippen molar-refractivity contribution in [2.75, 3.05) is 12.3 Å². The van der Waals surface area contributed by atoms with Crippen LogP contribution in [0.3, 0.4) is 0 Å². The number of furan rings is 1. The molecule has 100 valence electrons. The number of carbonyl (C=O) groups excluding carboxylic acids is 1. The van der Waals surface area contributed by atoms with Crippen molar-refractivity contribution in [3.05, 3.63) is 53.7 Å². The molecule has 19 heavy (non-hydrogen) atoms. The molecule has 0 fully saturated rings. The van der Waals surface area contributed by atoms with Crippen LogP contribution in [0.5, 0.6) is 0 Å². The van der Waals surface area contributed by atoms with Gasteiger partial charge in [0.1, 0.15) is 11.6 Å². The molecule has 0 radical (unpaired) electrons. The Labute approximate surface area is 110 Å². The fourth-order valence-corrected chi connectivity index (χ4v) is 1.79. The molecule has 1 aromatic heterocycles. The molecule has 5 heteroatoms. The molecule has 2 N–H and O–H groups in total. The zero-order valence-electron chi connectivity index (χ0n) is 10.6. The van der Waals surface area contributed by atoms with Crippen molar-refractivity contribution >= 4 is 11.6 Å². The highest BCUT2D eigenvalue weighted by Gasteiger charge is 2.19. The van der Waals surface area contributed by atoms with Crippen LogP contribution in [0.25, 0.3) is 0 Å². The van der Waals surface area contributed by atoms with E-state index in [2.05, 4.69) is 0 Å². The second-order valence-electron chi connectivity index (χ2n) is 4.14. The van der Waals surface area contributed by atoms with Crippen molar-refractivity contribution in [2.45, 2.75) is 13.5 Å². The van der Waals surface area contributed by atoms with Crippen molar-refractivity contribution < 1.29 is 13.6 Å².